The van der Waals surface area contributed by atoms with Gasteiger partial charge in [-0.25, -0.2) is 4.39 Å². The third kappa shape index (κ3) is 3.81. The maximum Gasteiger partial charge on any atom is 0.182 e. The lowest BCUT2D eigenvalue weighted by atomic mass is 10.1. The van der Waals surface area contributed by atoms with Crippen molar-refractivity contribution in [2.45, 2.75) is 6.92 Å². The van der Waals surface area contributed by atoms with Crippen LogP contribution in [0.4, 0.5) is 10.1 Å². The molecular formula is C17H18FNO2. The van der Waals surface area contributed by atoms with E-state index < -0.39 is 0 Å². The molecule has 0 fully saturated rings. The Labute approximate surface area is 124 Å². The molecule has 4 heteroatoms. The zero-order chi connectivity index (χ0) is 15.2. The van der Waals surface area contributed by atoms with Gasteiger partial charge < -0.3 is 9.64 Å². The SMILES string of the molecule is CCOc1ccc(C(=O)CN(C)c2ccccc2F)cc1. The third-order valence-electron chi connectivity index (χ3n) is 3.13. The van der Waals surface area contributed by atoms with Crippen LogP contribution in [-0.2, 0) is 0 Å². The number of Topliss-reactive ketones (excluding diaryl/α,β-unsaturated/α-hetero) is 1. The van der Waals surface area contributed by atoms with Crippen LogP contribution in [-0.4, -0.2) is 26.0 Å². The predicted molar refractivity (Wildman–Crippen MR) is 81.6 cm³/mol. The fourth-order valence-corrected chi connectivity index (χ4v) is 2.06. The fraction of sp³-hybridized carbons (Fsp3) is 0.235. The van der Waals surface area contributed by atoms with Crippen LogP contribution >= 0.6 is 0 Å². The van der Waals surface area contributed by atoms with Crippen molar-refractivity contribution in [3.05, 3.63) is 59.9 Å². The minimum absolute atomic E-state index is 0.0659. The first-order valence-electron chi connectivity index (χ1n) is 6.83. The van der Waals surface area contributed by atoms with Crippen molar-refractivity contribution in [3.63, 3.8) is 0 Å². The summed E-state index contributed by atoms with van der Waals surface area (Å²) in [6.07, 6.45) is 0. The van der Waals surface area contributed by atoms with Gasteiger partial charge in [0.1, 0.15) is 11.6 Å². The lowest BCUT2D eigenvalue weighted by molar-refractivity contribution is 0.1000. The molecule has 0 saturated heterocycles. The second kappa shape index (κ2) is 6.88. The second-order valence-corrected chi connectivity index (χ2v) is 4.69. The van der Waals surface area contributed by atoms with Crippen LogP contribution < -0.4 is 9.64 Å². The first-order chi connectivity index (χ1) is 10.1. The first-order valence-corrected chi connectivity index (χ1v) is 6.83. The van der Waals surface area contributed by atoms with E-state index in [1.54, 1.807) is 54.4 Å². The Hall–Kier alpha value is -2.36. The van der Waals surface area contributed by atoms with Crippen LogP contribution in [0.5, 0.6) is 5.75 Å². The van der Waals surface area contributed by atoms with E-state index >= 15 is 0 Å². The van der Waals surface area contributed by atoms with E-state index in [-0.39, 0.29) is 18.1 Å². The molecule has 0 radical (unpaired) electrons. The van der Waals surface area contributed by atoms with E-state index in [0.29, 0.717) is 17.9 Å². The van der Waals surface area contributed by atoms with Crippen LogP contribution in [0.1, 0.15) is 17.3 Å². The number of halogens is 1. The van der Waals surface area contributed by atoms with Gasteiger partial charge in [0.15, 0.2) is 5.78 Å². The molecule has 0 aliphatic carbocycles. The van der Waals surface area contributed by atoms with Crippen molar-refractivity contribution in [2.24, 2.45) is 0 Å². The Balaban J connectivity index is 2.05. The summed E-state index contributed by atoms with van der Waals surface area (Å²) in [6, 6.07) is 13.4. The highest BCUT2D eigenvalue weighted by atomic mass is 19.1. The number of likely N-dealkylation sites (N-methyl/N-ethyl adjacent to an activating group) is 1. The van der Waals surface area contributed by atoms with E-state index in [9.17, 15) is 9.18 Å². The number of para-hydroxylation sites is 1. The van der Waals surface area contributed by atoms with Gasteiger partial charge in [-0.3, -0.25) is 4.79 Å². The summed E-state index contributed by atoms with van der Waals surface area (Å²) in [4.78, 5) is 13.8. The molecule has 0 bridgehead atoms. The molecule has 0 aromatic heterocycles. The molecule has 21 heavy (non-hydrogen) atoms. The fourth-order valence-electron chi connectivity index (χ4n) is 2.06. The molecule has 2 aromatic carbocycles. The number of benzene rings is 2. The van der Waals surface area contributed by atoms with Gasteiger partial charge in [0.2, 0.25) is 0 Å². The van der Waals surface area contributed by atoms with E-state index in [0.717, 1.165) is 5.75 Å². The second-order valence-electron chi connectivity index (χ2n) is 4.69. The highest BCUT2D eigenvalue weighted by molar-refractivity contribution is 5.99. The molecule has 0 aliphatic rings. The zero-order valence-electron chi connectivity index (χ0n) is 12.2. The van der Waals surface area contributed by atoms with Crippen molar-refractivity contribution in [1.29, 1.82) is 0 Å². The number of carbonyl (C=O) groups is 1. The van der Waals surface area contributed by atoms with Gasteiger partial charge in [-0.15, -0.1) is 0 Å². The van der Waals surface area contributed by atoms with Crippen LogP contribution in [0.15, 0.2) is 48.5 Å². The Bertz CT molecular complexity index is 610. The molecule has 0 spiro atoms. The molecule has 3 nitrogen and oxygen atoms in total. The van der Waals surface area contributed by atoms with Crippen molar-refractivity contribution >= 4 is 11.5 Å². The summed E-state index contributed by atoms with van der Waals surface area (Å²) in [5.74, 6) is 0.333. The van der Waals surface area contributed by atoms with E-state index in [1.807, 2.05) is 6.92 Å². The Kier molecular flexibility index (Phi) is 4.93. The molecule has 110 valence electrons. The van der Waals surface area contributed by atoms with Crippen molar-refractivity contribution in [3.8, 4) is 5.75 Å². The standard InChI is InChI=1S/C17H18FNO2/c1-3-21-14-10-8-13(9-11-14)17(20)12-19(2)16-7-5-4-6-15(16)18/h4-11H,3,12H2,1-2H3. The Morgan fingerprint density at radius 2 is 1.81 bits per heavy atom. The van der Waals surface area contributed by atoms with Crippen LogP contribution in [0.25, 0.3) is 0 Å². The Morgan fingerprint density at radius 3 is 2.43 bits per heavy atom. The minimum Gasteiger partial charge on any atom is -0.494 e. The molecular weight excluding hydrogens is 269 g/mol. The van der Waals surface area contributed by atoms with Crippen LogP contribution in [0.3, 0.4) is 0 Å². The summed E-state index contributed by atoms with van der Waals surface area (Å²) >= 11 is 0. The van der Waals surface area contributed by atoms with Gasteiger partial charge in [0.25, 0.3) is 0 Å². The summed E-state index contributed by atoms with van der Waals surface area (Å²) in [6.45, 7) is 2.61. The number of ketones is 1. The molecule has 0 saturated carbocycles. The summed E-state index contributed by atoms with van der Waals surface area (Å²) in [5, 5.41) is 0. The van der Waals surface area contributed by atoms with Crippen molar-refractivity contribution < 1.29 is 13.9 Å². The zero-order valence-corrected chi connectivity index (χ0v) is 12.2. The highest BCUT2D eigenvalue weighted by Crippen LogP contribution is 2.18. The summed E-state index contributed by atoms with van der Waals surface area (Å²) in [7, 11) is 1.70. The van der Waals surface area contributed by atoms with Gasteiger partial charge >= 0.3 is 0 Å². The monoisotopic (exact) mass is 287 g/mol. The Morgan fingerprint density at radius 1 is 1.14 bits per heavy atom. The largest absolute Gasteiger partial charge is 0.494 e. The molecule has 0 aliphatic heterocycles. The van der Waals surface area contributed by atoms with Gasteiger partial charge in [0.05, 0.1) is 18.8 Å². The molecule has 0 amide bonds. The molecule has 2 rings (SSSR count). The average molecular weight is 287 g/mol. The van der Waals surface area contributed by atoms with E-state index in [1.165, 1.54) is 6.07 Å². The molecule has 0 atom stereocenters. The lowest BCUT2D eigenvalue weighted by Crippen LogP contribution is -2.26. The number of hydrogen-bond acceptors (Lipinski definition) is 3. The molecule has 2 aromatic rings. The van der Waals surface area contributed by atoms with Crippen molar-refractivity contribution in [1.82, 2.24) is 0 Å². The molecule has 0 heterocycles. The van der Waals surface area contributed by atoms with Crippen LogP contribution in [0, 0.1) is 5.82 Å². The maximum atomic E-state index is 13.7. The summed E-state index contributed by atoms with van der Waals surface area (Å²) in [5.41, 5.74) is 0.999. The number of hydrogen-bond donors (Lipinski definition) is 0. The van der Waals surface area contributed by atoms with Crippen LogP contribution in [0.2, 0.25) is 0 Å². The smallest absolute Gasteiger partial charge is 0.182 e. The topological polar surface area (TPSA) is 29.5 Å². The van der Waals surface area contributed by atoms with E-state index in [4.69, 9.17) is 4.74 Å². The molecule has 0 N–H and O–H groups in total. The molecule has 0 unspecified atom stereocenters. The van der Waals surface area contributed by atoms with Gasteiger partial charge in [-0.1, -0.05) is 12.1 Å². The number of ether oxygens (including phenoxy) is 1. The number of carbonyl (C=O) groups excluding carboxylic acids is 1. The van der Waals surface area contributed by atoms with Gasteiger partial charge in [-0.2, -0.15) is 0 Å². The maximum absolute atomic E-state index is 13.7. The quantitative estimate of drug-likeness (QED) is 0.761. The minimum atomic E-state index is -0.334. The third-order valence-corrected chi connectivity index (χ3v) is 3.13. The average Bonchev–Trinajstić information content (AvgIpc) is 2.48. The highest BCUT2D eigenvalue weighted by Gasteiger charge is 2.12. The van der Waals surface area contributed by atoms with Gasteiger partial charge in [0, 0.05) is 12.6 Å². The number of anilines is 1. The summed E-state index contributed by atoms with van der Waals surface area (Å²) < 4.78 is 19.0. The number of rotatable bonds is 6. The first kappa shape index (κ1) is 15.0. The number of nitrogens with zero attached hydrogens (tertiary/aromatic N) is 1. The lowest BCUT2D eigenvalue weighted by Gasteiger charge is -2.19. The van der Waals surface area contributed by atoms with E-state index in [2.05, 4.69) is 0 Å². The van der Waals surface area contributed by atoms with Crippen molar-refractivity contribution in [2.75, 3.05) is 25.1 Å². The van der Waals surface area contributed by atoms with Gasteiger partial charge in [-0.05, 0) is 43.3 Å². The normalized spacial score (nSPS) is 10.2. The predicted octanol–water partition coefficient (Wildman–Crippen LogP) is 3.54.